The van der Waals surface area contributed by atoms with Gasteiger partial charge < -0.3 is 15.5 Å². The first kappa shape index (κ1) is 14.0. The van der Waals surface area contributed by atoms with Gasteiger partial charge in [0.15, 0.2) is 0 Å². The summed E-state index contributed by atoms with van der Waals surface area (Å²) in [6, 6.07) is 13.0. The number of benzene rings is 2. The predicted molar refractivity (Wildman–Crippen MR) is 90.7 cm³/mol. The summed E-state index contributed by atoms with van der Waals surface area (Å²) in [6.07, 6.45) is 1.07. The van der Waals surface area contributed by atoms with Crippen molar-refractivity contribution in [3.63, 3.8) is 0 Å². The lowest BCUT2D eigenvalue weighted by Crippen LogP contribution is -2.27. The average molecular weight is 281 g/mol. The number of likely N-dealkylation sites (N-methyl/N-ethyl adjacent to an activating group) is 1. The number of nitrogens with zero attached hydrogens (tertiary/aromatic N) is 2. The minimum absolute atomic E-state index is 0.921. The monoisotopic (exact) mass is 281 g/mol. The molecule has 0 aliphatic carbocycles. The summed E-state index contributed by atoms with van der Waals surface area (Å²) in [7, 11) is 6.28. The van der Waals surface area contributed by atoms with Crippen LogP contribution in [-0.4, -0.2) is 32.6 Å². The molecule has 0 aromatic heterocycles. The number of hydrogen-bond acceptors (Lipinski definition) is 3. The van der Waals surface area contributed by atoms with E-state index in [9.17, 15) is 0 Å². The molecule has 2 aromatic rings. The third-order valence-electron chi connectivity index (χ3n) is 4.33. The summed E-state index contributed by atoms with van der Waals surface area (Å²) in [4.78, 5) is 4.45. The third-order valence-corrected chi connectivity index (χ3v) is 4.33. The van der Waals surface area contributed by atoms with Crippen molar-refractivity contribution in [1.82, 2.24) is 4.90 Å². The van der Waals surface area contributed by atoms with Crippen LogP contribution >= 0.6 is 0 Å². The summed E-state index contributed by atoms with van der Waals surface area (Å²) in [6.45, 7) is 2.05. The number of fused-ring (bicyclic) bond motifs is 1. The van der Waals surface area contributed by atoms with Crippen LogP contribution in [-0.2, 0) is 13.0 Å². The molecule has 2 N–H and O–H groups in total. The molecule has 0 saturated heterocycles. The van der Waals surface area contributed by atoms with Crippen LogP contribution < -0.4 is 10.6 Å². The Balaban J connectivity index is 2.05. The van der Waals surface area contributed by atoms with Crippen molar-refractivity contribution >= 4 is 11.4 Å². The zero-order valence-corrected chi connectivity index (χ0v) is 13.1. The molecule has 3 rings (SSSR count). The summed E-state index contributed by atoms with van der Waals surface area (Å²) in [5.74, 6) is 0. The molecule has 0 bridgehead atoms. The first-order valence-corrected chi connectivity index (χ1v) is 7.43. The zero-order chi connectivity index (χ0) is 15.0. The molecule has 0 fully saturated rings. The second-order valence-corrected chi connectivity index (χ2v) is 6.09. The second kappa shape index (κ2) is 5.41. The topological polar surface area (TPSA) is 32.5 Å². The number of nitrogen functional groups attached to an aromatic ring is 1. The number of anilines is 2. The molecule has 1 heterocycles. The van der Waals surface area contributed by atoms with Crippen LogP contribution in [0.1, 0.15) is 11.1 Å². The van der Waals surface area contributed by atoms with Gasteiger partial charge in [-0.05, 0) is 53.9 Å². The van der Waals surface area contributed by atoms with Crippen LogP contribution in [0.25, 0.3) is 11.1 Å². The first-order chi connectivity index (χ1) is 10.1. The molecule has 1 aliphatic heterocycles. The van der Waals surface area contributed by atoms with Gasteiger partial charge in [0.1, 0.15) is 0 Å². The highest BCUT2D eigenvalue weighted by atomic mass is 15.1. The van der Waals surface area contributed by atoms with Crippen molar-refractivity contribution in [2.75, 3.05) is 38.3 Å². The van der Waals surface area contributed by atoms with E-state index in [-0.39, 0.29) is 0 Å². The van der Waals surface area contributed by atoms with Gasteiger partial charge in [-0.1, -0.05) is 18.2 Å². The van der Waals surface area contributed by atoms with E-state index in [0.717, 1.165) is 25.2 Å². The van der Waals surface area contributed by atoms with Gasteiger partial charge in [0.2, 0.25) is 0 Å². The fraction of sp³-hybridized carbons (Fsp3) is 0.333. The lowest BCUT2D eigenvalue weighted by Gasteiger charge is -2.28. The molecule has 2 aromatic carbocycles. The van der Waals surface area contributed by atoms with Gasteiger partial charge in [-0.2, -0.15) is 0 Å². The minimum Gasteiger partial charge on any atom is -0.398 e. The van der Waals surface area contributed by atoms with Gasteiger partial charge in [0.25, 0.3) is 0 Å². The Hall–Kier alpha value is -2.00. The van der Waals surface area contributed by atoms with Gasteiger partial charge in [-0.3, -0.25) is 0 Å². The molecule has 110 valence electrons. The largest absolute Gasteiger partial charge is 0.398 e. The molecule has 3 heteroatoms. The van der Waals surface area contributed by atoms with Crippen molar-refractivity contribution in [3.05, 3.63) is 47.5 Å². The highest BCUT2D eigenvalue weighted by molar-refractivity contribution is 5.74. The first-order valence-electron chi connectivity index (χ1n) is 7.43. The van der Waals surface area contributed by atoms with Crippen molar-refractivity contribution in [1.29, 1.82) is 0 Å². The van der Waals surface area contributed by atoms with E-state index in [2.05, 4.69) is 61.3 Å². The Labute approximate surface area is 127 Å². The zero-order valence-electron chi connectivity index (χ0n) is 13.1. The SMILES string of the molecule is CN1CCc2c(-c3ccc(N(C)C)cc3)ccc(N)c2C1. The quantitative estimate of drug-likeness (QED) is 0.859. The molecular weight excluding hydrogens is 258 g/mol. The standard InChI is InChI=1S/C18H23N3/c1-20(2)14-6-4-13(5-7-14)15-8-9-18(19)17-12-21(3)11-10-16(15)17/h4-9H,10-12,19H2,1-3H3. The maximum Gasteiger partial charge on any atom is 0.0362 e. The van der Waals surface area contributed by atoms with E-state index in [1.165, 1.54) is 27.9 Å². The Morgan fingerprint density at radius 1 is 1.00 bits per heavy atom. The van der Waals surface area contributed by atoms with E-state index in [1.807, 2.05) is 6.07 Å². The van der Waals surface area contributed by atoms with Crippen LogP contribution in [0.3, 0.4) is 0 Å². The molecule has 3 nitrogen and oxygen atoms in total. The minimum atomic E-state index is 0.921. The van der Waals surface area contributed by atoms with Crippen molar-refractivity contribution in [2.45, 2.75) is 13.0 Å². The van der Waals surface area contributed by atoms with Gasteiger partial charge in [0, 0.05) is 38.6 Å². The molecule has 0 atom stereocenters. The second-order valence-electron chi connectivity index (χ2n) is 6.09. The number of rotatable bonds is 2. The molecule has 1 aliphatic rings. The normalized spacial score (nSPS) is 14.8. The van der Waals surface area contributed by atoms with E-state index in [0.29, 0.717) is 0 Å². The highest BCUT2D eigenvalue weighted by Gasteiger charge is 2.19. The Kier molecular flexibility index (Phi) is 3.60. The van der Waals surface area contributed by atoms with E-state index in [4.69, 9.17) is 5.73 Å². The van der Waals surface area contributed by atoms with Crippen LogP contribution in [0, 0.1) is 0 Å². The molecule has 0 unspecified atom stereocenters. The van der Waals surface area contributed by atoms with Crippen molar-refractivity contribution in [3.8, 4) is 11.1 Å². The van der Waals surface area contributed by atoms with Gasteiger partial charge in [-0.15, -0.1) is 0 Å². The summed E-state index contributed by atoms with van der Waals surface area (Å²) in [5.41, 5.74) is 13.7. The Morgan fingerprint density at radius 2 is 1.71 bits per heavy atom. The summed E-state index contributed by atoms with van der Waals surface area (Å²) >= 11 is 0. The van der Waals surface area contributed by atoms with Crippen LogP contribution in [0.4, 0.5) is 11.4 Å². The fourth-order valence-electron chi connectivity index (χ4n) is 3.04. The fourth-order valence-corrected chi connectivity index (χ4v) is 3.04. The lowest BCUT2D eigenvalue weighted by molar-refractivity contribution is 0.314. The summed E-state index contributed by atoms with van der Waals surface area (Å²) < 4.78 is 0. The lowest BCUT2D eigenvalue weighted by atomic mass is 9.89. The van der Waals surface area contributed by atoms with Crippen LogP contribution in [0.2, 0.25) is 0 Å². The predicted octanol–water partition coefficient (Wildman–Crippen LogP) is 2.99. The van der Waals surface area contributed by atoms with Crippen LogP contribution in [0.5, 0.6) is 0 Å². The van der Waals surface area contributed by atoms with E-state index < -0.39 is 0 Å². The Bertz CT molecular complexity index is 644. The number of hydrogen-bond donors (Lipinski definition) is 1. The molecule has 21 heavy (non-hydrogen) atoms. The maximum atomic E-state index is 6.18. The Morgan fingerprint density at radius 3 is 2.38 bits per heavy atom. The smallest absolute Gasteiger partial charge is 0.0362 e. The van der Waals surface area contributed by atoms with Gasteiger partial charge in [-0.25, -0.2) is 0 Å². The summed E-state index contributed by atoms with van der Waals surface area (Å²) in [5, 5.41) is 0. The molecule has 0 spiro atoms. The third kappa shape index (κ3) is 2.61. The van der Waals surface area contributed by atoms with Gasteiger partial charge in [0.05, 0.1) is 0 Å². The van der Waals surface area contributed by atoms with Crippen LogP contribution in [0.15, 0.2) is 36.4 Å². The molecule has 0 amide bonds. The van der Waals surface area contributed by atoms with E-state index >= 15 is 0 Å². The molecule has 0 radical (unpaired) electrons. The highest BCUT2D eigenvalue weighted by Crippen LogP contribution is 2.34. The number of nitrogens with two attached hydrogens (primary N) is 1. The van der Waals surface area contributed by atoms with Crippen molar-refractivity contribution < 1.29 is 0 Å². The molecular formula is C18H23N3. The van der Waals surface area contributed by atoms with Gasteiger partial charge >= 0.3 is 0 Å². The van der Waals surface area contributed by atoms with E-state index in [1.54, 1.807) is 0 Å². The average Bonchev–Trinajstić information content (AvgIpc) is 2.48. The maximum absolute atomic E-state index is 6.18. The molecule has 0 saturated carbocycles. The van der Waals surface area contributed by atoms with Crippen molar-refractivity contribution in [2.24, 2.45) is 0 Å².